The van der Waals surface area contributed by atoms with Gasteiger partial charge in [0.05, 0.1) is 35.8 Å². The number of fused-ring (bicyclic) bond motifs is 1. The van der Waals surface area contributed by atoms with Crippen LogP contribution in [0.2, 0.25) is 5.02 Å². The van der Waals surface area contributed by atoms with E-state index in [0.717, 1.165) is 12.0 Å². The van der Waals surface area contributed by atoms with Crippen molar-refractivity contribution in [3.05, 3.63) is 65.2 Å². The molecule has 0 saturated carbocycles. The molecule has 1 aromatic carbocycles. The number of rotatable bonds is 5. The van der Waals surface area contributed by atoms with Crippen molar-refractivity contribution in [2.75, 3.05) is 12.8 Å². The van der Waals surface area contributed by atoms with Crippen molar-refractivity contribution < 1.29 is 13.9 Å². The van der Waals surface area contributed by atoms with E-state index in [2.05, 4.69) is 30.5 Å². The van der Waals surface area contributed by atoms with Crippen LogP contribution < -0.4 is 10.5 Å². The minimum Gasteiger partial charge on any atom is -0.492 e. The number of anilines is 1. The summed E-state index contributed by atoms with van der Waals surface area (Å²) in [4.78, 5) is 27.2. The monoisotopic (exact) mass is 521 g/mol. The van der Waals surface area contributed by atoms with Crippen LogP contribution in [0.4, 0.5) is 10.2 Å². The molecule has 3 aromatic heterocycles. The standard InChI is InChI=1S/C24H21ClFN9O2/c1-37-22-14(6-7-28-23(22)27)16-10-29-24(31-16)18-4-2-13-8-12(9-19(36)35(13)18)20-17(34-11-30-32-33-34)5-3-15(25)21(20)26/h3,5-7,9-11,13,18H,2,4,8H2,1H3,(H2,27,28)(H,29,31)/t13-,18-/m0/s1. The molecule has 3 N–H and O–H groups in total. The van der Waals surface area contributed by atoms with Crippen molar-refractivity contribution in [3.63, 3.8) is 0 Å². The van der Waals surface area contributed by atoms with E-state index in [0.29, 0.717) is 41.4 Å². The van der Waals surface area contributed by atoms with Gasteiger partial charge < -0.3 is 20.4 Å². The Morgan fingerprint density at radius 1 is 1.24 bits per heavy atom. The van der Waals surface area contributed by atoms with Crippen LogP contribution in [0.5, 0.6) is 5.75 Å². The Hall–Kier alpha value is -4.32. The molecule has 6 rings (SSSR count). The lowest BCUT2D eigenvalue weighted by molar-refractivity contribution is -0.129. The Morgan fingerprint density at radius 2 is 2.11 bits per heavy atom. The van der Waals surface area contributed by atoms with Gasteiger partial charge in [-0.15, -0.1) is 5.10 Å². The van der Waals surface area contributed by atoms with E-state index >= 15 is 4.39 Å². The second kappa shape index (κ2) is 8.96. The zero-order valence-electron chi connectivity index (χ0n) is 19.6. The van der Waals surface area contributed by atoms with Gasteiger partial charge in [0.1, 0.15) is 12.2 Å². The summed E-state index contributed by atoms with van der Waals surface area (Å²) in [6.07, 6.45) is 8.02. The van der Waals surface area contributed by atoms with Gasteiger partial charge in [0.2, 0.25) is 5.91 Å². The number of amides is 1. The highest BCUT2D eigenvalue weighted by Crippen LogP contribution is 2.44. The molecular weight excluding hydrogens is 501 g/mol. The lowest BCUT2D eigenvalue weighted by Gasteiger charge is -2.33. The Kier molecular flexibility index (Phi) is 5.60. The first-order valence-corrected chi connectivity index (χ1v) is 11.9. The van der Waals surface area contributed by atoms with E-state index in [1.807, 2.05) is 4.90 Å². The minimum atomic E-state index is -0.613. The Bertz CT molecular complexity index is 1540. The molecule has 0 radical (unpaired) electrons. The van der Waals surface area contributed by atoms with Gasteiger partial charge in [0, 0.05) is 29.4 Å². The molecule has 13 heteroatoms. The fourth-order valence-corrected chi connectivity index (χ4v) is 5.40. The maximum Gasteiger partial charge on any atom is 0.247 e. The smallest absolute Gasteiger partial charge is 0.247 e. The predicted molar refractivity (Wildman–Crippen MR) is 132 cm³/mol. The predicted octanol–water partition coefficient (Wildman–Crippen LogP) is 3.35. The van der Waals surface area contributed by atoms with Crippen LogP contribution in [-0.4, -0.2) is 59.1 Å². The summed E-state index contributed by atoms with van der Waals surface area (Å²) >= 11 is 6.11. The Balaban J connectivity index is 1.33. The van der Waals surface area contributed by atoms with Crippen molar-refractivity contribution in [1.29, 1.82) is 0 Å². The van der Waals surface area contributed by atoms with Gasteiger partial charge >= 0.3 is 0 Å². The number of benzene rings is 1. The number of carbonyl (C=O) groups is 1. The number of aromatic nitrogens is 7. The Labute approximate surface area is 215 Å². The third-order valence-corrected chi connectivity index (χ3v) is 7.13. The van der Waals surface area contributed by atoms with Crippen molar-refractivity contribution in [1.82, 2.24) is 40.1 Å². The fourth-order valence-electron chi connectivity index (χ4n) is 5.24. The SMILES string of the molecule is COc1c(-c2cnc([C@@H]3CC[C@H]4CC(c5c(-n6cnnn6)ccc(Cl)c5F)=CC(=O)N43)[nH]2)ccnc1N. The van der Waals surface area contributed by atoms with Gasteiger partial charge in [0.15, 0.2) is 17.4 Å². The summed E-state index contributed by atoms with van der Waals surface area (Å²) in [7, 11) is 1.53. The lowest BCUT2D eigenvalue weighted by Crippen LogP contribution is -2.39. The topological polar surface area (TPSA) is 141 Å². The molecule has 11 nitrogen and oxygen atoms in total. The van der Waals surface area contributed by atoms with Crippen LogP contribution >= 0.6 is 11.6 Å². The van der Waals surface area contributed by atoms with Gasteiger partial charge in [-0.25, -0.2) is 14.4 Å². The number of nitrogens with two attached hydrogens (primary N) is 1. The molecule has 1 amide bonds. The summed E-state index contributed by atoms with van der Waals surface area (Å²) in [6, 6.07) is 4.49. The molecule has 2 atom stereocenters. The number of imidazole rings is 1. The summed E-state index contributed by atoms with van der Waals surface area (Å²) in [5.74, 6) is 0.543. The summed E-state index contributed by atoms with van der Waals surface area (Å²) in [5, 5.41) is 11.1. The summed E-state index contributed by atoms with van der Waals surface area (Å²) in [5.41, 5.74) is 8.56. The highest BCUT2D eigenvalue weighted by atomic mass is 35.5. The first-order valence-electron chi connectivity index (χ1n) is 11.5. The van der Waals surface area contributed by atoms with Crippen LogP contribution in [-0.2, 0) is 4.79 Å². The van der Waals surface area contributed by atoms with E-state index in [1.165, 1.54) is 30.3 Å². The maximum atomic E-state index is 15.3. The number of tetrazole rings is 1. The lowest BCUT2D eigenvalue weighted by atomic mass is 9.92. The Morgan fingerprint density at radius 3 is 2.89 bits per heavy atom. The number of hydrogen-bond donors (Lipinski definition) is 2. The zero-order valence-corrected chi connectivity index (χ0v) is 20.4. The van der Waals surface area contributed by atoms with Crippen molar-refractivity contribution in [3.8, 4) is 22.7 Å². The number of aromatic amines is 1. The number of pyridine rings is 1. The fraction of sp³-hybridized carbons (Fsp3) is 0.250. The van der Waals surface area contributed by atoms with Crippen LogP contribution in [0, 0.1) is 5.82 Å². The first kappa shape index (κ1) is 23.1. The molecule has 0 unspecified atom stereocenters. The normalized spacial score (nSPS) is 19.2. The van der Waals surface area contributed by atoms with E-state index < -0.39 is 5.82 Å². The number of methoxy groups -OCH3 is 1. The second-order valence-corrected chi connectivity index (χ2v) is 9.24. The van der Waals surface area contributed by atoms with Crippen LogP contribution in [0.25, 0.3) is 22.5 Å². The molecule has 2 aliphatic rings. The van der Waals surface area contributed by atoms with Crippen molar-refractivity contribution in [2.45, 2.75) is 31.3 Å². The summed E-state index contributed by atoms with van der Waals surface area (Å²) in [6.45, 7) is 0. The van der Waals surface area contributed by atoms with Crippen molar-refractivity contribution >= 4 is 28.9 Å². The molecule has 1 fully saturated rings. The van der Waals surface area contributed by atoms with Gasteiger partial charge in [-0.3, -0.25) is 4.79 Å². The quantitative estimate of drug-likeness (QED) is 0.407. The number of carbonyl (C=O) groups excluding carboxylic acids is 1. The number of nitrogen functional groups attached to an aromatic ring is 1. The van der Waals surface area contributed by atoms with Crippen LogP contribution in [0.1, 0.15) is 36.7 Å². The van der Waals surface area contributed by atoms with E-state index in [-0.39, 0.29) is 34.4 Å². The van der Waals surface area contributed by atoms with Crippen molar-refractivity contribution in [2.24, 2.45) is 0 Å². The molecule has 4 aromatic rings. The highest BCUT2D eigenvalue weighted by Gasteiger charge is 2.42. The molecule has 5 heterocycles. The van der Waals surface area contributed by atoms with E-state index in [4.69, 9.17) is 22.1 Å². The minimum absolute atomic E-state index is 0.0396. The average molecular weight is 522 g/mol. The molecule has 0 aliphatic carbocycles. The molecule has 37 heavy (non-hydrogen) atoms. The number of nitrogens with zero attached hydrogens (tertiary/aromatic N) is 7. The average Bonchev–Trinajstić information content (AvgIpc) is 3.66. The summed E-state index contributed by atoms with van der Waals surface area (Å²) < 4.78 is 22.1. The number of hydrogen-bond acceptors (Lipinski definition) is 8. The number of ether oxygens (including phenoxy) is 1. The highest BCUT2D eigenvalue weighted by molar-refractivity contribution is 6.31. The van der Waals surface area contributed by atoms with Crippen LogP contribution in [0.3, 0.4) is 0 Å². The third-order valence-electron chi connectivity index (χ3n) is 6.84. The van der Waals surface area contributed by atoms with E-state index in [9.17, 15) is 4.79 Å². The van der Waals surface area contributed by atoms with E-state index in [1.54, 1.807) is 24.5 Å². The van der Waals surface area contributed by atoms with Gasteiger partial charge in [-0.2, -0.15) is 4.68 Å². The third kappa shape index (κ3) is 3.80. The second-order valence-electron chi connectivity index (χ2n) is 8.84. The van der Waals surface area contributed by atoms with Gasteiger partial charge in [0.25, 0.3) is 0 Å². The van der Waals surface area contributed by atoms with Gasteiger partial charge in [-0.05, 0) is 53.5 Å². The maximum absolute atomic E-state index is 15.3. The van der Waals surface area contributed by atoms with Gasteiger partial charge in [-0.1, -0.05) is 11.6 Å². The number of nitrogens with one attached hydrogen (secondary N) is 1. The number of halogens is 2. The molecule has 188 valence electrons. The number of H-pyrrole nitrogens is 1. The molecule has 0 bridgehead atoms. The molecule has 1 saturated heterocycles. The molecule has 2 aliphatic heterocycles. The first-order chi connectivity index (χ1) is 18.0. The molecule has 0 spiro atoms. The van der Waals surface area contributed by atoms with Crippen LogP contribution in [0.15, 0.2) is 43.0 Å². The zero-order chi connectivity index (χ0) is 25.7. The molecular formula is C24H21ClFN9O2. The largest absolute Gasteiger partial charge is 0.492 e.